The van der Waals surface area contributed by atoms with Crippen molar-refractivity contribution < 1.29 is 14.4 Å². The fourth-order valence-corrected chi connectivity index (χ4v) is 2.73. The molecule has 0 aliphatic heterocycles. The minimum absolute atomic E-state index is 0.0485. The van der Waals surface area contributed by atoms with Crippen LogP contribution in [0.2, 0.25) is 0 Å². The topological polar surface area (TPSA) is 47.6 Å². The van der Waals surface area contributed by atoms with Crippen molar-refractivity contribution in [3.8, 4) is 5.75 Å². The number of hydroxylamine groups is 1. The van der Waals surface area contributed by atoms with Crippen LogP contribution < -0.4 is 10.2 Å². The smallest absolute Gasteiger partial charge is 0.254 e. The minimum Gasteiger partial charge on any atom is -0.497 e. The maximum atomic E-state index is 12.3. The summed E-state index contributed by atoms with van der Waals surface area (Å²) in [6.45, 7) is 0. The van der Waals surface area contributed by atoms with Crippen LogP contribution in [0.1, 0.15) is 31.2 Å². The average Bonchev–Trinajstić information content (AvgIpc) is 2.90. The second kappa shape index (κ2) is 5.40. The summed E-state index contributed by atoms with van der Waals surface area (Å²) in [7, 11) is 3.10. The molecule has 4 heteroatoms. The Kier molecular flexibility index (Phi) is 3.87. The van der Waals surface area contributed by atoms with Gasteiger partial charge < -0.3 is 4.74 Å². The second-order valence-electron chi connectivity index (χ2n) is 4.65. The fraction of sp³-hybridized carbons (Fsp3) is 0.500. The SMILES string of the molecule is CONC(=O)C1(c2ccc(OC)cc2)CCCC1. The zero-order valence-electron chi connectivity index (χ0n) is 10.9. The van der Waals surface area contributed by atoms with Gasteiger partial charge in [-0.2, -0.15) is 0 Å². The number of amides is 1. The van der Waals surface area contributed by atoms with E-state index in [2.05, 4.69) is 5.48 Å². The minimum atomic E-state index is -0.442. The number of methoxy groups -OCH3 is 1. The zero-order chi connectivity index (χ0) is 13.0. The molecular weight excluding hydrogens is 230 g/mol. The lowest BCUT2D eigenvalue weighted by Crippen LogP contribution is -2.42. The van der Waals surface area contributed by atoms with E-state index in [0.29, 0.717) is 0 Å². The highest BCUT2D eigenvalue weighted by Crippen LogP contribution is 2.41. The number of ether oxygens (including phenoxy) is 1. The Hall–Kier alpha value is -1.55. The molecule has 0 spiro atoms. The summed E-state index contributed by atoms with van der Waals surface area (Å²) in [4.78, 5) is 17.0. The van der Waals surface area contributed by atoms with Gasteiger partial charge in [-0.25, -0.2) is 5.48 Å². The van der Waals surface area contributed by atoms with E-state index < -0.39 is 5.41 Å². The van der Waals surface area contributed by atoms with Gasteiger partial charge in [0.05, 0.1) is 19.6 Å². The Bertz CT molecular complexity index is 408. The number of hydrogen-bond acceptors (Lipinski definition) is 3. The molecule has 1 aliphatic rings. The van der Waals surface area contributed by atoms with Crippen LogP contribution in [0.5, 0.6) is 5.75 Å². The van der Waals surface area contributed by atoms with E-state index in [1.54, 1.807) is 7.11 Å². The first-order valence-corrected chi connectivity index (χ1v) is 6.21. The lowest BCUT2D eigenvalue weighted by Gasteiger charge is -2.27. The van der Waals surface area contributed by atoms with Crippen LogP contribution in [0.3, 0.4) is 0 Å². The summed E-state index contributed by atoms with van der Waals surface area (Å²) in [6, 6.07) is 7.74. The summed E-state index contributed by atoms with van der Waals surface area (Å²) in [6.07, 6.45) is 3.88. The molecule has 1 aliphatic carbocycles. The quantitative estimate of drug-likeness (QED) is 0.832. The van der Waals surface area contributed by atoms with E-state index in [0.717, 1.165) is 37.0 Å². The zero-order valence-corrected chi connectivity index (χ0v) is 10.9. The highest BCUT2D eigenvalue weighted by atomic mass is 16.6. The van der Waals surface area contributed by atoms with Crippen LogP contribution in [0.15, 0.2) is 24.3 Å². The molecule has 2 rings (SSSR count). The van der Waals surface area contributed by atoms with E-state index in [1.165, 1.54) is 7.11 Å². The predicted molar refractivity (Wildman–Crippen MR) is 68.3 cm³/mol. The fourth-order valence-electron chi connectivity index (χ4n) is 2.73. The Morgan fingerprint density at radius 2 is 1.78 bits per heavy atom. The first-order chi connectivity index (χ1) is 8.73. The van der Waals surface area contributed by atoms with Gasteiger partial charge in [-0.05, 0) is 30.5 Å². The Morgan fingerprint density at radius 3 is 2.28 bits per heavy atom. The van der Waals surface area contributed by atoms with Crippen molar-refractivity contribution in [2.75, 3.05) is 14.2 Å². The molecule has 1 aromatic carbocycles. The van der Waals surface area contributed by atoms with Crippen molar-refractivity contribution in [2.45, 2.75) is 31.1 Å². The summed E-state index contributed by atoms with van der Waals surface area (Å²) in [5.74, 6) is 0.756. The van der Waals surface area contributed by atoms with Crippen LogP contribution >= 0.6 is 0 Å². The highest BCUT2D eigenvalue weighted by molar-refractivity contribution is 5.87. The maximum absolute atomic E-state index is 12.3. The Balaban J connectivity index is 2.31. The molecule has 0 saturated heterocycles. The number of benzene rings is 1. The Morgan fingerprint density at radius 1 is 1.17 bits per heavy atom. The maximum Gasteiger partial charge on any atom is 0.254 e. The third kappa shape index (κ3) is 2.20. The summed E-state index contributed by atoms with van der Waals surface area (Å²) in [5.41, 5.74) is 3.08. The van der Waals surface area contributed by atoms with E-state index in [1.807, 2.05) is 24.3 Å². The van der Waals surface area contributed by atoms with Crippen LogP contribution in [0, 0.1) is 0 Å². The van der Waals surface area contributed by atoms with E-state index >= 15 is 0 Å². The van der Waals surface area contributed by atoms with Crippen molar-refractivity contribution >= 4 is 5.91 Å². The van der Waals surface area contributed by atoms with Crippen molar-refractivity contribution in [3.05, 3.63) is 29.8 Å². The number of nitrogens with one attached hydrogen (secondary N) is 1. The lowest BCUT2D eigenvalue weighted by molar-refractivity contribution is -0.137. The highest BCUT2D eigenvalue weighted by Gasteiger charge is 2.42. The van der Waals surface area contributed by atoms with Gasteiger partial charge in [-0.3, -0.25) is 9.63 Å². The molecule has 18 heavy (non-hydrogen) atoms. The van der Waals surface area contributed by atoms with Crippen molar-refractivity contribution in [2.24, 2.45) is 0 Å². The van der Waals surface area contributed by atoms with Gasteiger partial charge in [-0.1, -0.05) is 25.0 Å². The van der Waals surface area contributed by atoms with Gasteiger partial charge in [0, 0.05) is 0 Å². The van der Waals surface area contributed by atoms with Crippen LogP contribution in [-0.2, 0) is 15.0 Å². The first kappa shape index (κ1) is 12.9. The van der Waals surface area contributed by atoms with E-state index in [-0.39, 0.29) is 5.91 Å². The van der Waals surface area contributed by atoms with E-state index in [9.17, 15) is 4.79 Å². The summed E-state index contributed by atoms with van der Waals surface area (Å²) in [5, 5.41) is 0. The van der Waals surface area contributed by atoms with Gasteiger partial charge in [0.25, 0.3) is 5.91 Å². The molecule has 1 amide bonds. The Labute approximate surface area is 107 Å². The molecule has 1 N–H and O–H groups in total. The average molecular weight is 249 g/mol. The molecule has 0 heterocycles. The third-order valence-electron chi connectivity index (χ3n) is 3.73. The predicted octanol–water partition coefficient (Wildman–Crippen LogP) is 2.18. The molecule has 4 nitrogen and oxygen atoms in total. The van der Waals surface area contributed by atoms with Crippen molar-refractivity contribution in [1.29, 1.82) is 0 Å². The second-order valence-corrected chi connectivity index (χ2v) is 4.65. The number of carbonyl (C=O) groups excluding carboxylic acids is 1. The van der Waals surface area contributed by atoms with Crippen LogP contribution in [0.25, 0.3) is 0 Å². The standard InChI is InChI=1S/C14H19NO3/c1-17-12-7-5-11(6-8-12)14(9-3-4-10-14)13(16)15-18-2/h5-8H,3-4,9-10H2,1-2H3,(H,15,16). The molecule has 0 aromatic heterocycles. The van der Waals surface area contributed by atoms with Gasteiger partial charge >= 0.3 is 0 Å². The molecule has 98 valence electrons. The molecule has 0 unspecified atom stereocenters. The van der Waals surface area contributed by atoms with Crippen molar-refractivity contribution in [3.63, 3.8) is 0 Å². The third-order valence-corrected chi connectivity index (χ3v) is 3.73. The molecule has 0 radical (unpaired) electrons. The monoisotopic (exact) mass is 249 g/mol. The van der Waals surface area contributed by atoms with Crippen LogP contribution in [-0.4, -0.2) is 20.1 Å². The van der Waals surface area contributed by atoms with Crippen LogP contribution in [0.4, 0.5) is 0 Å². The first-order valence-electron chi connectivity index (χ1n) is 6.21. The van der Waals surface area contributed by atoms with Gasteiger partial charge in [-0.15, -0.1) is 0 Å². The summed E-state index contributed by atoms with van der Waals surface area (Å²) >= 11 is 0. The molecule has 1 fully saturated rings. The van der Waals surface area contributed by atoms with Gasteiger partial charge in [0.15, 0.2) is 0 Å². The molecule has 0 atom stereocenters. The normalized spacial score (nSPS) is 17.4. The summed E-state index contributed by atoms with van der Waals surface area (Å²) < 4.78 is 5.15. The number of hydrogen-bond donors (Lipinski definition) is 1. The van der Waals surface area contributed by atoms with Crippen molar-refractivity contribution in [1.82, 2.24) is 5.48 Å². The largest absolute Gasteiger partial charge is 0.497 e. The molecule has 0 bridgehead atoms. The van der Waals surface area contributed by atoms with Gasteiger partial charge in [0.1, 0.15) is 5.75 Å². The molecular formula is C14H19NO3. The van der Waals surface area contributed by atoms with E-state index in [4.69, 9.17) is 9.57 Å². The molecule has 1 saturated carbocycles. The lowest BCUT2D eigenvalue weighted by atomic mass is 9.78. The van der Waals surface area contributed by atoms with Gasteiger partial charge in [0.2, 0.25) is 0 Å². The number of carbonyl (C=O) groups is 1. The molecule has 1 aromatic rings. The number of rotatable bonds is 4.